The first-order valence-electron chi connectivity index (χ1n) is 7.45. The average molecular weight is 332 g/mol. The molecule has 1 amide bonds. The first kappa shape index (κ1) is 17.5. The van der Waals surface area contributed by atoms with Crippen LogP contribution in [0, 0.1) is 13.8 Å². The van der Waals surface area contributed by atoms with Gasteiger partial charge in [-0.1, -0.05) is 0 Å². The number of amides is 1. The lowest BCUT2D eigenvalue weighted by Gasteiger charge is -2.04. The van der Waals surface area contributed by atoms with E-state index in [0.717, 1.165) is 5.56 Å². The third kappa shape index (κ3) is 3.56. The van der Waals surface area contributed by atoms with Gasteiger partial charge in [-0.25, -0.2) is 0 Å². The lowest BCUT2D eigenvalue weighted by molar-refractivity contribution is -0.140. The monoisotopic (exact) mass is 332 g/mol. The number of ketones is 1. The van der Waals surface area contributed by atoms with E-state index in [2.05, 4.69) is 15.0 Å². The van der Waals surface area contributed by atoms with Gasteiger partial charge in [0.15, 0.2) is 5.78 Å². The molecule has 0 atom stereocenters. The highest BCUT2D eigenvalue weighted by Gasteiger charge is 2.21. The van der Waals surface area contributed by atoms with Crippen LogP contribution in [0.25, 0.3) is 6.08 Å². The Morgan fingerprint density at radius 3 is 2.54 bits per heavy atom. The number of methoxy groups -OCH3 is 2. The Labute approximate surface area is 139 Å². The van der Waals surface area contributed by atoms with Crippen LogP contribution < -0.4 is 5.32 Å². The summed E-state index contributed by atoms with van der Waals surface area (Å²) in [6.07, 6.45) is 3.21. The molecule has 2 N–H and O–H groups in total. The fourth-order valence-electron chi connectivity index (χ4n) is 2.63. The van der Waals surface area contributed by atoms with Crippen molar-refractivity contribution in [3.8, 4) is 0 Å². The van der Waals surface area contributed by atoms with E-state index in [1.165, 1.54) is 20.3 Å². The van der Waals surface area contributed by atoms with Crippen molar-refractivity contribution in [2.45, 2.75) is 26.7 Å². The lowest BCUT2D eigenvalue weighted by atomic mass is 10.0. The molecule has 0 bridgehead atoms. The third-order valence-electron chi connectivity index (χ3n) is 3.83. The van der Waals surface area contributed by atoms with Gasteiger partial charge in [-0.2, -0.15) is 0 Å². The molecular weight excluding hydrogens is 312 g/mol. The number of nitrogens with one attached hydrogen (secondary N) is 2. The Hall–Kier alpha value is -2.83. The molecule has 7 heteroatoms. The van der Waals surface area contributed by atoms with E-state index < -0.39 is 5.97 Å². The molecule has 0 saturated carbocycles. The van der Waals surface area contributed by atoms with Gasteiger partial charge in [0, 0.05) is 29.4 Å². The molecule has 0 fully saturated rings. The molecular formula is C17H20N2O5. The van der Waals surface area contributed by atoms with Gasteiger partial charge in [0.1, 0.15) is 5.76 Å². The lowest BCUT2D eigenvalue weighted by Crippen LogP contribution is -2.13. The summed E-state index contributed by atoms with van der Waals surface area (Å²) in [4.78, 5) is 38.1. The van der Waals surface area contributed by atoms with Crippen molar-refractivity contribution < 1.29 is 23.9 Å². The quantitative estimate of drug-likeness (QED) is 0.611. The Morgan fingerprint density at radius 1 is 1.21 bits per heavy atom. The van der Waals surface area contributed by atoms with Gasteiger partial charge in [0.05, 0.1) is 26.3 Å². The number of rotatable bonds is 6. The van der Waals surface area contributed by atoms with Gasteiger partial charge in [-0.3, -0.25) is 14.4 Å². The minimum atomic E-state index is -0.417. The van der Waals surface area contributed by atoms with Crippen LogP contribution in [0.2, 0.25) is 0 Å². The maximum absolute atomic E-state index is 12.4. The second-order valence-electron chi connectivity index (χ2n) is 5.42. The van der Waals surface area contributed by atoms with E-state index in [4.69, 9.17) is 4.74 Å². The Morgan fingerprint density at radius 2 is 1.92 bits per heavy atom. The second kappa shape index (κ2) is 7.16. The van der Waals surface area contributed by atoms with E-state index in [-0.39, 0.29) is 24.5 Å². The van der Waals surface area contributed by atoms with Crippen molar-refractivity contribution in [3.05, 3.63) is 40.0 Å². The van der Waals surface area contributed by atoms with E-state index in [1.807, 2.05) is 6.92 Å². The normalized spacial score (nSPS) is 15.2. The van der Waals surface area contributed by atoms with Crippen LogP contribution in [-0.2, 0) is 19.1 Å². The van der Waals surface area contributed by atoms with Crippen LogP contribution in [0.1, 0.15) is 40.2 Å². The van der Waals surface area contributed by atoms with Gasteiger partial charge in [-0.15, -0.1) is 0 Å². The SMILES string of the molecule is COC(=O)CCC(=O)c1c(C)[nH]c(/C=C2\NC(=O)C=C2OC)c1C. The summed E-state index contributed by atoms with van der Waals surface area (Å²) in [7, 11) is 2.77. The highest BCUT2D eigenvalue weighted by molar-refractivity contribution is 6.01. The Kier molecular flexibility index (Phi) is 5.23. The predicted octanol–water partition coefficient (Wildman–Crippen LogP) is 1.77. The molecule has 0 radical (unpaired) electrons. The predicted molar refractivity (Wildman–Crippen MR) is 87.1 cm³/mol. The van der Waals surface area contributed by atoms with Crippen LogP contribution in [0.3, 0.4) is 0 Å². The van der Waals surface area contributed by atoms with Crippen LogP contribution in [0.4, 0.5) is 0 Å². The molecule has 0 aromatic carbocycles. The highest BCUT2D eigenvalue weighted by Crippen LogP contribution is 2.24. The number of Topliss-reactive ketones (excluding diaryl/α,β-unsaturated/α-hetero) is 1. The summed E-state index contributed by atoms with van der Waals surface area (Å²) >= 11 is 0. The number of aromatic nitrogens is 1. The number of hydrogen-bond donors (Lipinski definition) is 2. The fraction of sp³-hybridized carbons (Fsp3) is 0.353. The molecule has 1 aliphatic rings. The van der Waals surface area contributed by atoms with Crippen molar-refractivity contribution in [2.24, 2.45) is 0 Å². The number of carbonyl (C=O) groups excluding carboxylic acids is 3. The van der Waals surface area contributed by atoms with Gasteiger partial charge in [0.25, 0.3) is 5.91 Å². The largest absolute Gasteiger partial charge is 0.494 e. The number of aryl methyl sites for hydroxylation is 1. The fourth-order valence-corrected chi connectivity index (χ4v) is 2.63. The van der Waals surface area contributed by atoms with Crippen LogP contribution in [-0.4, -0.2) is 36.9 Å². The van der Waals surface area contributed by atoms with Crippen molar-refractivity contribution in [1.82, 2.24) is 10.3 Å². The molecule has 7 nitrogen and oxygen atoms in total. The van der Waals surface area contributed by atoms with Crippen LogP contribution in [0.5, 0.6) is 0 Å². The smallest absolute Gasteiger partial charge is 0.305 e. The summed E-state index contributed by atoms with van der Waals surface area (Å²) in [5.41, 5.74) is 3.25. The molecule has 0 aliphatic carbocycles. The van der Waals surface area contributed by atoms with Gasteiger partial charge < -0.3 is 19.8 Å². The summed E-state index contributed by atoms with van der Waals surface area (Å²) in [6.45, 7) is 3.61. The van der Waals surface area contributed by atoms with Crippen molar-refractivity contribution >= 4 is 23.7 Å². The highest BCUT2D eigenvalue weighted by atomic mass is 16.5. The van der Waals surface area contributed by atoms with E-state index in [9.17, 15) is 14.4 Å². The minimum absolute atomic E-state index is 0.0441. The summed E-state index contributed by atoms with van der Waals surface area (Å²) in [5, 5.41) is 2.67. The van der Waals surface area contributed by atoms with Gasteiger partial charge in [0.2, 0.25) is 0 Å². The number of carbonyl (C=O) groups is 3. The summed E-state index contributed by atoms with van der Waals surface area (Å²) in [6, 6.07) is 0. The standard InChI is InChI=1S/C17H20N2O5/c1-9-11(7-12-14(23-3)8-15(21)19-12)18-10(2)17(9)13(20)5-6-16(22)24-4/h7-8,18H,5-6H2,1-4H3,(H,19,21)/b12-7-. The molecule has 0 unspecified atom stereocenters. The van der Waals surface area contributed by atoms with Crippen LogP contribution >= 0.6 is 0 Å². The summed E-state index contributed by atoms with van der Waals surface area (Å²) in [5.74, 6) is -0.368. The number of hydrogen-bond acceptors (Lipinski definition) is 5. The van der Waals surface area contributed by atoms with E-state index in [0.29, 0.717) is 28.4 Å². The number of H-pyrrole nitrogens is 1. The minimum Gasteiger partial charge on any atom is -0.494 e. The second-order valence-corrected chi connectivity index (χ2v) is 5.42. The molecule has 1 aromatic heterocycles. The maximum Gasteiger partial charge on any atom is 0.305 e. The molecule has 1 aromatic rings. The Bertz CT molecular complexity index is 755. The topological polar surface area (TPSA) is 97.5 Å². The maximum atomic E-state index is 12.4. The van der Waals surface area contributed by atoms with Gasteiger partial charge >= 0.3 is 5.97 Å². The average Bonchev–Trinajstić information content (AvgIpc) is 3.04. The molecule has 2 rings (SSSR count). The van der Waals surface area contributed by atoms with Crippen LogP contribution in [0.15, 0.2) is 17.5 Å². The molecule has 0 spiro atoms. The van der Waals surface area contributed by atoms with E-state index >= 15 is 0 Å². The molecule has 24 heavy (non-hydrogen) atoms. The first-order valence-corrected chi connectivity index (χ1v) is 7.45. The zero-order valence-corrected chi connectivity index (χ0v) is 14.1. The van der Waals surface area contributed by atoms with E-state index in [1.54, 1.807) is 13.0 Å². The number of esters is 1. The number of ether oxygens (including phenoxy) is 2. The van der Waals surface area contributed by atoms with Crippen molar-refractivity contribution in [1.29, 1.82) is 0 Å². The van der Waals surface area contributed by atoms with Gasteiger partial charge in [-0.05, 0) is 25.5 Å². The molecule has 128 valence electrons. The molecule has 0 saturated heterocycles. The van der Waals surface area contributed by atoms with Crippen molar-refractivity contribution in [3.63, 3.8) is 0 Å². The summed E-state index contributed by atoms with van der Waals surface area (Å²) < 4.78 is 9.70. The zero-order valence-electron chi connectivity index (χ0n) is 14.1. The number of aromatic amines is 1. The zero-order chi connectivity index (χ0) is 17.9. The molecule has 2 heterocycles. The Balaban J connectivity index is 2.26. The third-order valence-corrected chi connectivity index (χ3v) is 3.83. The molecule has 1 aliphatic heterocycles. The first-order chi connectivity index (χ1) is 11.4. The van der Waals surface area contributed by atoms with Crippen molar-refractivity contribution in [2.75, 3.05) is 14.2 Å².